The van der Waals surface area contributed by atoms with Crippen molar-refractivity contribution in [3.05, 3.63) is 0 Å². The molecule has 0 amide bonds. The zero-order chi connectivity index (χ0) is 12.3. The van der Waals surface area contributed by atoms with Crippen molar-refractivity contribution in [3.63, 3.8) is 0 Å². The third-order valence-electron chi connectivity index (χ3n) is 3.28. The number of methoxy groups -OCH3 is 1. The number of ether oxygens (including phenoxy) is 2. The van der Waals surface area contributed by atoms with Gasteiger partial charge in [0.05, 0.1) is 24.2 Å². The molecular weight excluding hydrogens is 208 g/mol. The molecule has 0 heterocycles. The summed E-state index contributed by atoms with van der Waals surface area (Å²) >= 11 is 0. The maximum Gasteiger partial charge on any atom is 0.312 e. The van der Waals surface area contributed by atoms with Crippen molar-refractivity contribution >= 4 is 5.97 Å². The molecule has 94 valence electrons. The molecule has 1 unspecified atom stereocenters. The molecule has 0 radical (unpaired) electrons. The van der Waals surface area contributed by atoms with Crippen LogP contribution in [-0.2, 0) is 14.3 Å². The predicted molar refractivity (Wildman–Crippen MR) is 59.9 cm³/mol. The fourth-order valence-electron chi connectivity index (χ4n) is 2.49. The second-order valence-electron chi connectivity index (χ2n) is 4.84. The lowest BCUT2D eigenvalue weighted by atomic mass is 9.65. The lowest BCUT2D eigenvalue weighted by Gasteiger charge is -2.47. The first kappa shape index (κ1) is 13.5. The molecule has 1 rings (SSSR count). The zero-order valence-corrected chi connectivity index (χ0v) is 10.5. The van der Waals surface area contributed by atoms with Crippen LogP contribution in [0.2, 0.25) is 0 Å². The van der Waals surface area contributed by atoms with Crippen LogP contribution in [0.4, 0.5) is 0 Å². The lowest BCUT2D eigenvalue weighted by Crippen LogP contribution is -2.57. The van der Waals surface area contributed by atoms with Gasteiger partial charge in [0.1, 0.15) is 0 Å². The van der Waals surface area contributed by atoms with E-state index in [2.05, 4.69) is 0 Å². The summed E-state index contributed by atoms with van der Waals surface area (Å²) in [6.45, 7) is 5.99. The summed E-state index contributed by atoms with van der Waals surface area (Å²) in [7, 11) is 1.62. The Bertz CT molecular complexity index is 243. The Labute approximate surface area is 96.9 Å². The smallest absolute Gasteiger partial charge is 0.312 e. The largest absolute Gasteiger partial charge is 0.466 e. The summed E-state index contributed by atoms with van der Waals surface area (Å²) < 4.78 is 10.2. The van der Waals surface area contributed by atoms with Gasteiger partial charge in [-0.1, -0.05) is 13.8 Å². The standard InChI is InChI=1S/C12H22O4/c1-5-16-11(13)10(8(2)3)12(14)6-9(7-12)15-4/h8-10,14H,5-7H2,1-4H3. The van der Waals surface area contributed by atoms with E-state index in [1.165, 1.54) is 0 Å². The van der Waals surface area contributed by atoms with Crippen LogP contribution in [-0.4, -0.2) is 36.5 Å². The topological polar surface area (TPSA) is 55.8 Å². The Morgan fingerprint density at radius 2 is 2.06 bits per heavy atom. The van der Waals surface area contributed by atoms with Crippen LogP contribution in [0.3, 0.4) is 0 Å². The highest BCUT2D eigenvalue weighted by molar-refractivity contribution is 5.74. The fraction of sp³-hybridized carbons (Fsp3) is 0.917. The van der Waals surface area contributed by atoms with Gasteiger partial charge < -0.3 is 14.6 Å². The molecule has 1 saturated carbocycles. The van der Waals surface area contributed by atoms with Gasteiger partial charge in [0.25, 0.3) is 0 Å². The third kappa shape index (κ3) is 2.55. The molecule has 0 aliphatic heterocycles. The van der Waals surface area contributed by atoms with Gasteiger partial charge in [-0.2, -0.15) is 0 Å². The maximum absolute atomic E-state index is 11.8. The molecule has 1 aliphatic rings. The Balaban J connectivity index is 2.68. The van der Waals surface area contributed by atoms with Gasteiger partial charge in [-0.15, -0.1) is 0 Å². The first-order valence-electron chi connectivity index (χ1n) is 5.86. The van der Waals surface area contributed by atoms with Crippen LogP contribution in [0, 0.1) is 11.8 Å². The molecule has 0 aromatic rings. The summed E-state index contributed by atoms with van der Waals surface area (Å²) in [5.74, 6) is -0.671. The minimum atomic E-state index is -0.943. The van der Waals surface area contributed by atoms with E-state index >= 15 is 0 Å². The average Bonchev–Trinajstić information content (AvgIpc) is 2.13. The first-order chi connectivity index (χ1) is 7.44. The van der Waals surface area contributed by atoms with Crippen LogP contribution >= 0.6 is 0 Å². The van der Waals surface area contributed by atoms with Crippen molar-refractivity contribution in [2.24, 2.45) is 11.8 Å². The van der Waals surface area contributed by atoms with Gasteiger partial charge in [-0.25, -0.2) is 0 Å². The first-order valence-corrected chi connectivity index (χ1v) is 5.86. The molecule has 0 spiro atoms. The van der Waals surface area contributed by atoms with Gasteiger partial charge in [0, 0.05) is 20.0 Å². The number of hydrogen-bond acceptors (Lipinski definition) is 4. The predicted octanol–water partition coefficient (Wildman–Crippen LogP) is 1.36. The van der Waals surface area contributed by atoms with E-state index in [1.807, 2.05) is 13.8 Å². The van der Waals surface area contributed by atoms with E-state index in [4.69, 9.17) is 9.47 Å². The van der Waals surface area contributed by atoms with E-state index in [9.17, 15) is 9.90 Å². The highest BCUT2D eigenvalue weighted by atomic mass is 16.5. The summed E-state index contributed by atoms with van der Waals surface area (Å²) in [6, 6.07) is 0. The minimum absolute atomic E-state index is 0.0701. The van der Waals surface area contributed by atoms with E-state index in [0.29, 0.717) is 19.4 Å². The second-order valence-corrected chi connectivity index (χ2v) is 4.84. The lowest BCUT2D eigenvalue weighted by molar-refractivity contribution is -0.191. The number of carbonyl (C=O) groups is 1. The zero-order valence-electron chi connectivity index (χ0n) is 10.5. The van der Waals surface area contributed by atoms with Gasteiger partial charge in [-0.3, -0.25) is 4.79 Å². The number of rotatable bonds is 5. The Morgan fingerprint density at radius 1 is 1.50 bits per heavy atom. The quantitative estimate of drug-likeness (QED) is 0.725. The minimum Gasteiger partial charge on any atom is -0.466 e. The summed E-state index contributed by atoms with van der Waals surface area (Å²) in [5.41, 5.74) is -0.943. The molecule has 0 aromatic carbocycles. The maximum atomic E-state index is 11.8. The van der Waals surface area contributed by atoms with Crippen molar-refractivity contribution in [1.29, 1.82) is 0 Å². The SMILES string of the molecule is CCOC(=O)C(C(C)C)C1(O)CC(OC)C1. The van der Waals surface area contributed by atoms with Crippen molar-refractivity contribution in [2.75, 3.05) is 13.7 Å². The molecule has 0 saturated heterocycles. The molecule has 0 aromatic heterocycles. The van der Waals surface area contributed by atoms with E-state index < -0.39 is 11.5 Å². The van der Waals surface area contributed by atoms with E-state index in [0.717, 1.165) is 0 Å². The van der Waals surface area contributed by atoms with Gasteiger partial charge in [0.15, 0.2) is 0 Å². The van der Waals surface area contributed by atoms with Gasteiger partial charge in [-0.05, 0) is 12.8 Å². The molecule has 1 atom stereocenters. The summed E-state index contributed by atoms with van der Waals surface area (Å²) in [4.78, 5) is 11.8. The van der Waals surface area contributed by atoms with Crippen LogP contribution < -0.4 is 0 Å². The number of esters is 1. The van der Waals surface area contributed by atoms with E-state index in [1.54, 1.807) is 14.0 Å². The normalized spacial score (nSPS) is 31.0. The number of hydrogen-bond donors (Lipinski definition) is 1. The molecule has 16 heavy (non-hydrogen) atoms. The summed E-state index contributed by atoms with van der Waals surface area (Å²) in [5, 5.41) is 10.4. The molecule has 1 N–H and O–H groups in total. The Morgan fingerprint density at radius 3 is 2.44 bits per heavy atom. The van der Waals surface area contributed by atoms with Gasteiger partial charge in [0.2, 0.25) is 0 Å². The van der Waals surface area contributed by atoms with Crippen LogP contribution in [0.25, 0.3) is 0 Å². The van der Waals surface area contributed by atoms with Crippen molar-refractivity contribution in [3.8, 4) is 0 Å². The molecular formula is C12H22O4. The van der Waals surface area contributed by atoms with E-state index in [-0.39, 0.29) is 18.0 Å². The molecule has 4 nitrogen and oxygen atoms in total. The van der Waals surface area contributed by atoms with Crippen molar-refractivity contribution in [1.82, 2.24) is 0 Å². The van der Waals surface area contributed by atoms with Crippen LogP contribution in [0.15, 0.2) is 0 Å². The molecule has 1 aliphatic carbocycles. The number of aliphatic hydroxyl groups is 1. The molecule has 1 fully saturated rings. The van der Waals surface area contributed by atoms with Crippen LogP contribution in [0.5, 0.6) is 0 Å². The van der Waals surface area contributed by atoms with Gasteiger partial charge >= 0.3 is 5.97 Å². The second kappa shape index (κ2) is 5.15. The highest BCUT2D eigenvalue weighted by Gasteiger charge is 2.53. The highest BCUT2D eigenvalue weighted by Crippen LogP contribution is 2.43. The molecule has 4 heteroatoms. The van der Waals surface area contributed by atoms with Crippen molar-refractivity contribution in [2.45, 2.75) is 45.3 Å². The summed E-state index contributed by atoms with van der Waals surface area (Å²) in [6.07, 6.45) is 1.11. The Hall–Kier alpha value is -0.610. The fourth-order valence-corrected chi connectivity index (χ4v) is 2.49. The van der Waals surface area contributed by atoms with Crippen LogP contribution in [0.1, 0.15) is 33.6 Å². The Kier molecular flexibility index (Phi) is 4.33. The monoisotopic (exact) mass is 230 g/mol. The number of carbonyl (C=O) groups excluding carboxylic acids is 1. The molecule has 0 bridgehead atoms. The van der Waals surface area contributed by atoms with Crippen molar-refractivity contribution < 1.29 is 19.4 Å². The third-order valence-corrected chi connectivity index (χ3v) is 3.28. The average molecular weight is 230 g/mol.